The lowest BCUT2D eigenvalue weighted by Crippen LogP contribution is -2.49. The molecule has 0 heterocycles. The molecule has 2 nitrogen and oxygen atoms in total. The molecular weight excluding hydrogens is 380 g/mol. The number of carbonyl (C=O) groups is 1. The van der Waals surface area contributed by atoms with Crippen LogP contribution in [0.3, 0.4) is 0 Å². The second kappa shape index (κ2) is 9.22. The number of hydrogen-bond donors (Lipinski definition) is 0. The van der Waals surface area contributed by atoms with Crippen LogP contribution in [-0.2, 0) is 9.53 Å². The highest BCUT2D eigenvalue weighted by Gasteiger charge is 2.57. The van der Waals surface area contributed by atoms with E-state index >= 15 is 0 Å². The molecule has 0 bridgehead atoms. The maximum atomic E-state index is 11.4. The molecule has 0 spiro atoms. The molecular formula is C29H48O2. The van der Waals surface area contributed by atoms with Crippen LogP contribution < -0.4 is 0 Å². The standard InChI is InChI=1S/C29H48O2/c1-18(2)19(3)7-8-20(4)27-13-14-28-26-11-9-22-17-23(31-21(5)30)10-12-24(22)25(26)15-16-29(27,28)6/h18,20,22-28H,3,7-17H2,1-2,4-6H3/t20?,22?,23-,24?,25?,26?,27?,28?,29?/m0/s1. The van der Waals surface area contributed by atoms with Crippen LogP contribution in [0.15, 0.2) is 12.2 Å². The molecule has 4 fully saturated rings. The van der Waals surface area contributed by atoms with Gasteiger partial charge in [-0.15, -0.1) is 0 Å². The normalized spacial score (nSPS) is 43.0. The Balaban J connectivity index is 1.39. The number of ether oxygens (including phenoxy) is 1. The van der Waals surface area contributed by atoms with E-state index in [0.717, 1.165) is 54.3 Å². The van der Waals surface area contributed by atoms with Crippen molar-refractivity contribution in [3.05, 3.63) is 12.2 Å². The predicted molar refractivity (Wildman–Crippen MR) is 129 cm³/mol. The van der Waals surface area contributed by atoms with Gasteiger partial charge < -0.3 is 4.74 Å². The van der Waals surface area contributed by atoms with Crippen LogP contribution in [0.25, 0.3) is 0 Å². The fraction of sp³-hybridized carbons (Fsp3) is 0.897. The van der Waals surface area contributed by atoms with Crippen molar-refractivity contribution in [1.29, 1.82) is 0 Å². The van der Waals surface area contributed by atoms with Crippen LogP contribution in [-0.4, -0.2) is 12.1 Å². The fourth-order valence-corrected chi connectivity index (χ4v) is 9.03. The molecule has 8 unspecified atom stereocenters. The largest absolute Gasteiger partial charge is 0.463 e. The molecule has 0 saturated heterocycles. The van der Waals surface area contributed by atoms with Crippen LogP contribution in [0.2, 0.25) is 0 Å². The summed E-state index contributed by atoms with van der Waals surface area (Å²) in [5.74, 6) is 6.86. The van der Waals surface area contributed by atoms with Crippen LogP contribution in [0, 0.1) is 52.8 Å². The quantitative estimate of drug-likeness (QED) is 0.318. The van der Waals surface area contributed by atoms with Gasteiger partial charge in [-0.25, -0.2) is 0 Å². The number of hydrogen-bond acceptors (Lipinski definition) is 2. The van der Waals surface area contributed by atoms with Gasteiger partial charge in [0.15, 0.2) is 0 Å². The number of allylic oxidation sites excluding steroid dienone is 1. The Morgan fingerprint density at radius 3 is 2.45 bits per heavy atom. The average Bonchev–Trinajstić information content (AvgIpc) is 3.08. The summed E-state index contributed by atoms with van der Waals surface area (Å²) in [6.45, 7) is 15.7. The lowest BCUT2D eigenvalue weighted by Gasteiger charge is -2.56. The zero-order chi connectivity index (χ0) is 22.3. The van der Waals surface area contributed by atoms with Crippen LogP contribution >= 0.6 is 0 Å². The first-order valence-corrected chi connectivity index (χ1v) is 13.6. The number of fused-ring (bicyclic) bond motifs is 5. The fourth-order valence-electron chi connectivity index (χ4n) is 9.03. The monoisotopic (exact) mass is 428 g/mol. The Labute approximate surface area is 192 Å². The summed E-state index contributed by atoms with van der Waals surface area (Å²) in [7, 11) is 0. The summed E-state index contributed by atoms with van der Waals surface area (Å²) >= 11 is 0. The molecule has 0 N–H and O–H groups in total. The third-order valence-electron chi connectivity index (χ3n) is 10.7. The minimum Gasteiger partial charge on any atom is -0.463 e. The number of rotatable bonds is 6. The van der Waals surface area contributed by atoms with E-state index in [1.54, 1.807) is 6.92 Å². The molecule has 31 heavy (non-hydrogen) atoms. The van der Waals surface area contributed by atoms with Crippen molar-refractivity contribution in [1.82, 2.24) is 0 Å². The lowest BCUT2D eigenvalue weighted by molar-refractivity contribution is -0.152. The van der Waals surface area contributed by atoms with Crippen molar-refractivity contribution in [2.24, 2.45) is 52.8 Å². The van der Waals surface area contributed by atoms with Gasteiger partial charge in [0.25, 0.3) is 0 Å². The lowest BCUT2D eigenvalue weighted by atomic mass is 9.49. The Hall–Kier alpha value is -0.790. The first kappa shape index (κ1) is 23.4. The molecule has 0 aromatic rings. The molecule has 0 aliphatic heterocycles. The molecule has 0 radical (unpaired) electrons. The summed E-state index contributed by atoms with van der Waals surface area (Å²) in [6, 6.07) is 0. The highest BCUT2D eigenvalue weighted by molar-refractivity contribution is 5.66. The van der Waals surface area contributed by atoms with Crippen molar-refractivity contribution >= 4 is 5.97 Å². The first-order valence-electron chi connectivity index (χ1n) is 13.6. The van der Waals surface area contributed by atoms with Crippen molar-refractivity contribution in [2.45, 2.75) is 111 Å². The summed E-state index contributed by atoms with van der Waals surface area (Å²) < 4.78 is 5.61. The highest BCUT2D eigenvalue weighted by Crippen LogP contribution is 2.65. The summed E-state index contributed by atoms with van der Waals surface area (Å²) in [6.07, 6.45) is 14.9. The maximum absolute atomic E-state index is 11.4. The van der Waals surface area contributed by atoms with Gasteiger partial charge in [-0.1, -0.05) is 39.8 Å². The van der Waals surface area contributed by atoms with E-state index in [4.69, 9.17) is 4.74 Å². The zero-order valence-corrected chi connectivity index (χ0v) is 21.0. The highest BCUT2D eigenvalue weighted by atomic mass is 16.5. The van der Waals surface area contributed by atoms with Crippen LogP contribution in [0.5, 0.6) is 0 Å². The SMILES string of the molecule is C=C(CCC(C)C1CCC2C3CCC4C[C@@H](OC(C)=O)CCC4C3CCC12C)C(C)C. The van der Waals surface area contributed by atoms with Crippen molar-refractivity contribution in [2.75, 3.05) is 0 Å². The van der Waals surface area contributed by atoms with Crippen molar-refractivity contribution < 1.29 is 9.53 Å². The predicted octanol–water partition coefficient (Wildman–Crippen LogP) is 7.82. The summed E-state index contributed by atoms with van der Waals surface area (Å²) in [5.41, 5.74) is 2.01. The zero-order valence-electron chi connectivity index (χ0n) is 21.0. The van der Waals surface area contributed by atoms with Gasteiger partial charge in [0, 0.05) is 6.92 Å². The van der Waals surface area contributed by atoms with Crippen LogP contribution in [0.1, 0.15) is 105 Å². The molecule has 0 aromatic heterocycles. The average molecular weight is 429 g/mol. The third-order valence-corrected chi connectivity index (χ3v) is 10.7. The second-order valence-electron chi connectivity index (χ2n) is 12.5. The molecule has 2 heteroatoms. The second-order valence-corrected chi connectivity index (χ2v) is 12.5. The number of carbonyl (C=O) groups excluding carboxylic acids is 1. The third kappa shape index (κ3) is 4.51. The van der Waals surface area contributed by atoms with E-state index in [-0.39, 0.29) is 12.1 Å². The van der Waals surface area contributed by atoms with Crippen LogP contribution in [0.4, 0.5) is 0 Å². The summed E-state index contributed by atoms with van der Waals surface area (Å²) in [4.78, 5) is 11.4. The van der Waals surface area contributed by atoms with Gasteiger partial charge in [-0.3, -0.25) is 4.79 Å². The Bertz CT molecular complexity index is 666. The van der Waals surface area contributed by atoms with E-state index in [1.165, 1.54) is 63.4 Å². The topological polar surface area (TPSA) is 26.3 Å². The van der Waals surface area contributed by atoms with Gasteiger partial charge >= 0.3 is 5.97 Å². The van der Waals surface area contributed by atoms with Gasteiger partial charge in [-0.2, -0.15) is 0 Å². The molecule has 0 aromatic carbocycles. The maximum Gasteiger partial charge on any atom is 0.302 e. The van der Waals surface area contributed by atoms with Gasteiger partial charge in [0.05, 0.1) is 0 Å². The molecule has 9 atom stereocenters. The Morgan fingerprint density at radius 1 is 1.00 bits per heavy atom. The molecule has 176 valence electrons. The molecule has 4 aliphatic rings. The van der Waals surface area contributed by atoms with Crippen molar-refractivity contribution in [3.8, 4) is 0 Å². The molecule has 4 aliphatic carbocycles. The Kier molecular flexibility index (Phi) is 6.95. The van der Waals surface area contributed by atoms with E-state index in [9.17, 15) is 4.79 Å². The Morgan fingerprint density at radius 2 is 1.74 bits per heavy atom. The minimum atomic E-state index is -0.0892. The van der Waals surface area contributed by atoms with Crippen molar-refractivity contribution in [3.63, 3.8) is 0 Å². The number of esters is 1. The smallest absolute Gasteiger partial charge is 0.302 e. The van der Waals surface area contributed by atoms with E-state index in [1.807, 2.05) is 0 Å². The molecule has 4 saturated carbocycles. The minimum absolute atomic E-state index is 0.0892. The first-order chi connectivity index (χ1) is 14.7. The van der Waals surface area contributed by atoms with E-state index < -0.39 is 0 Å². The van der Waals surface area contributed by atoms with E-state index in [0.29, 0.717) is 11.3 Å². The summed E-state index contributed by atoms with van der Waals surface area (Å²) in [5, 5.41) is 0. The van der Waals surface area contributed by atoms with Gasteiger partial charge in [0.1, 0.15) is 6.10 Å². The molecule has 4 rings (SSSR count). The van der Waals surface area contributed by atoms with Gasteiger partial charge in [0.2, 0.25) is 0 Å². The van der Waals surface area contributed by atoms with Gasteiger partial charge in [-0.05, 0) is 123 Å². The van der Waals surface area contributed by atoms with E-state index in [2.05, 4.69) is 34.3 Å². The molecule has 0 amide bonds.